The monoisotopic (exact) mass is 291 g/mol. The van der Waals surface area contributed by atoms with Crippen molar-refractivity contribution in [1.29, 1.82) is 0 Å². The molecule has 1 aromatic carbocycles. The van der Waals surface area contributed by atoms with E-state index in [4.69, 9.17) is 9.84 Å². The predicted molar refractivity (Wildman–Crippen MR) is 78.3 cm³/mol. The number of aryl methyl sites for hydroxylation is 1. The van der Waals surface area contributed by atoms with Crippen LogP contribution in [0.4, 0.5) is 0 Å². The van der Waals surface area contributed by atoms with E-state index in [1.165, 1.54) is 0 Å². The van der Waals surface area contributed by atoms with Gasteiger partial charge in [0.2, 0.25) is 5.91 Å². The van der Waals surface area contributed by atoms with Crippen molar-refractivity contribution in [1.82, 2.24) is 4.90 Å². The van der Waals surface area contributed by atoms with Crippen LogP contribution in [0.1, 0.15) is 28.8 Å². The molecule has 5 nitrogen and oxygen atoms in total. The van der Waals surface area contributed by atoms with Gasteiger partial charge in [-0.05, 0) is 24.5 Å². The normalized spacial score (nSPS) is 18.0. The first kappa shape index (κ1) is 15.5. The Morgan fingerprint density at radius 1 is 1.38 bits per heavy atom. The first-order valence-corrected chi connectivity index (χ1v) is 7.19. The van der Waals surface area contributed by atoms with Crippen LogP contribution < -0.4 is 0 Å². The molecule has 0 spiro atoms. The number of carbonyl (C=O) groups excluding carboxylic acids is 1. The number of rotatable bonds is 6. The zero-order valence-corrected chi connectivity index (χ0v) is 12.2. The van der Waals surface area contributed by atoms with Crippen molar-refractivity contribution in [2.24, 2.45) is 5.92 Å². The maximum Gasteiger partial charge on any atom is 0.335 e. The van der Waals surface area contributed by atoms with Gasteiger partial charge >= 0.3 is 5.97 Å². The average Bonchev–Trinajstić information content (AvgIpc) is 2.94. The second-order valence-corrected chi connectivity index (χ2v) is 5.41. The first-order chi connectivity index (χ1) is 10.1. The largest absolute Gasteiger partial charge is 0.478 e. The maximum atomic E-state index is 12.2. The maximum absolute atomic E-state index is 12.2. The third-order valence-electron chi connectivity index (χ3n) is 3.90. The van der Waals surface area contributed by atoms with Crippen molar-refractivity contribution in [3.63, 3.8) is 0 Å². The Morgan fingerprint density at radius 2 is 2.14 bits per heavy atom. The topological polar surface area (TPSA) is 66.8 Å². The molecule has 1 heterocycles. The van der Waals surface area contributed by atoms with Crippen molar-refractivity contribution >= 4 is 11.9 Å². The minimum atomic E-state index is -0.945. The van der Waals surface area contributed by atoms with Crippen LogP contribution in [0, 0.1) is 5.92 Å². The number of hydrogen-bond acceptors (Lipinski definition) is 3. The van der Waals surface area contributed by atoms with Crippen molar-refractivity contribution < 1.29 is 19.4 Å². The van der Waals surface area contributed by atoms with E-state index in [1.807, 2.05) is 4.90 Å². The number of hydrogen-bond donors (Lipinski definition) is 1. The van der Waals surface area contributed by atoms with E-state index in [2.05, 4.69) is 0 Å². The van der Waals surface area contributed by atoms with Crippen LogP contribution in [0.5, 0.6) is 0 Å². The summed E-state index contributed by atoms with van der Waals surface area (Å²) >= 11 is 0. The summed E-state index contributed by atoms with van der Waals surface area (Å²) in [4.78, 5) is 25.2. The van der Waals surface area contributed by atoms with Crippen molar-refractivity contribution in [3.8, 4) is 0 Å². The lowest BCUT2D eigenvalue weighted by Crippen LogP contribution is -2.29. The van der Waals surface area contributed by atoms with Gasteiger partial charge in [0.05, 0.1) is 12.2 Å². The molecular formula is C16H21NO4. The highest BCUT2D eigenvalue weighted by molar-refractivity contribution is 5.89. The van der Waals surface area contributed by atoms with Gasteiger partial charge in [-0.3, -0.25) is 4.79 Å². The van der Waals surface area contributed by atoms with E-state index in [0.29, 0.717) is 30.9 Å². The molecule has 1 fully saturated rings. The van der Waals surface area contributed by atoms with E-state index >= 15 is 0 Å². The quantitative estimate of drug-likeness (QED) is 0.868. The summed E-state index contributed by atoms with van der Waals surface area (Å²) in [6.07, 6.45) is 1.79. The third kappa shape index (κ3) is 4.04. The van der Waals surface area contributed by atoms with Crippen LogP contribution in [-0.4, -0.2) is 48.7 Å². The molecule has 0 radical (unpaired) electrons. The number of aromatic carboxylic acids is 1. The fourth-order valence-electron chi connectivity index (χ4n) is 2.78. The van der Waals surface area contributed by atoms with Gasteiger partial charge < -0.3 is 14.7 Å². The molecule has 0 bridgehead atoms. The molecule has 0 aliphatic carbocycles. The number of amides is 1. The fourth-order valence-corrected chi connectivity index (χ4v) is 2.78. The summed E-state index contributed by atoms with van der Waals surface area (Å²) in [5.74, 6) is -0.432. The Balaban J connectivity index is 1.89. The molecular weight excluding hydrogens is 270 g/mol. The van der Waals surface area contributed by atoms with Gasteiger partial charge in [0.15, 0.2) is 0 Å². The van der Waals surface area contributed by atoms with Gasteiger partial charge in [0.25, 0.3) is 0 Å². The van der Waals surface area contributed by atoms with E-state index in [0.717, 1.165) is 19.5 Å². The highest BCUT2D eigenvalue weighted by Gasteiger charge is 2.25. The second kappa shape index (κ2) is 7.22. The Bertz CT molecular complexity index is 515. The summed E-state index contributed by atoms with van der Waals surface area (Å²) in [5.41, 5.74) is 0.995. The molecule has 1 aromatic rings. The van der Waals surface area contributed by atoms with Gasteiger partial charge in [-0.1, -0.05) is 18.2 Å². The zero-order chi connectivity index (χ0) is 15.2. The molecule has 0 aromatic heterocycles. The van der Waals surface area contributed by atoms with Crippen LogP contribution in [0.2, 0.25) is 0 Å². The predicted octanol–water partition coefficient (Wildman–Crippen LogP) is 1.81. The molecule has 21 heavy (non-hydrogen) atoms. The number of methoxy groups -OCH3 is 1. The molecule has 1 atom stereocenters. The van der Waals surface area contributed by atoms with Crippen molar-refractivity contribution in [3.05, 3.63) is 35.4 Å². The van der Waals surface area contributed by atoms with Gasteiger partial charge in [-0.2, -0.15) is 0 Å². The second-order valence-electron chi connectivity index (χ2n) is 5.41. The van der Waals surface area contributed by atoms with Gasteiger partial charge in [-0.25, -0.2) is 4.79 Å². The summed E-state index contributed by atoms with van der Waals surface area (Å²) in [7, 11) is 1.67. The summed E-state index contributed by atoms with van der Waals surface area (Å²) in [5, 5.41) is 9.13. The summed E-state index contributed by atoms with van der Waals surface area (Å²) in [6.45, 7) is 2.20. The number of carboxylic acids is 1. The highest BCUT2D eigenvalue weighted by Crippen LogP contribution is 2.18. The lowest BCUT2D eigenvalue weighted by molar-refractivity contribution is -0.130. The lowest BCUT2D eigenvalue weighted by atomic mass is 10.0. The molecule has 0 saturated carbocycles. The number of nitrogens with zero attached hydrogens (tertiary/aromatic N) is 1. The van der Waals surface area contributed by atoms with Gasteiger partial charge in [0.1, 0.15) is 0 Å². The van der Waals surface area contributed by atoms with E-state index in [9.17, 15) is 9.59 Å². The minimum absolute atomic E-state index is 0.0915. The van der Waals surface area contributed by atoms with E-state index in [-0.39, 0.29) is 11.5 Å². The van der Waals surface area contributed by atoms with Crippen LogP contribution in [0.3, 0.4) is 0 Å². The number of ether oxygens (including phenoxy) is 1. The molecule has 1 N–H and O–H groups in total. The average molecular weight is 291 g/mol. The van der Waals surface area contributed by atoms with Crippen LogP contribution in [0.25, 0.3) is 0 Å². The first-order valence-electron chi connectivity index (χ1n) is 7.19. The number of carboxylic acid groups (broad SMARTS) is 1. The summed E-state index contributed by atoms with van der Waals surface area (Å²) < 4.78 is 5.12. The minimum Gasteiger partial charge on any atom is -0.478 e. The van der Waals surface area contributed by atoms with E-state index in [1.54, 1.807) is 31.4 Å². The number of likely N-dealkylation sites (tertiary alicyclic amines) is 1. The Hall–Kier alpha value is -1.88. The van der Waals surface area contributed by atoms with Crippen molar-refractivity contribution in [2.45, 2.75) is 19.3 Å². The molecule has 1 aliphatic rings. The fraction of sp³-hybridized carbons (Fsp3) is 0.500. The van der Waals surface area contributed by atoms with Crippen LogP contribution in [-0.2, 0) is 16.0 Å². The lowest BCUT2D eigenvalue weighted by Gasteiger charge is -2.16. The molecule has 1 unspecified atom stereocenters. The Labute approximate surface area is 124 Å². The Kier molecular flexibility index (Phi) is 5.33. The van der Waals surface area contributed by atoms with Crippen molar-refractivity contribution in [2.75, 3.05) is 26.8 Å². The molecule has 114 valence electrons. The molecule has 1 aliphatic heterocycles. The SMILES string of the molecule is COCC1CCN(C(=O)CCc2ccccc2C(=O)O)C1. The number of benzene rings is 1. The molecule has 2 rings (SSSR count). The highest BCUT2D eigenvalue weighted by atomic mass is 16.5. The molecule has 5 heteroatoms. The molecule has 1 saturated heterocycles. The smallest absolute Gasteiger partial charge is 0.335 e. The number of carbonyl (C=O) groups is 2. The van der Waals surface area contributed by atoms with E-state index < -0.39 is 5.97 Å². The molecule has 1 amide bonds. The standard InChI is InChI=1S/C16H21NO4/c1-21-11-12-8-9-17(10-12)15(18)7-6-13-4-2-3-5-14(13)16(19)20/h2-5,12H,6-11H2,1H3,(H,19,20). The third-order valence-corrected chi connectivity index (χ3v) is 3.90. The summed E-state index contributed by atoms with van der Waals surface area (Å²) in [6, 6.07) is 6.85. The zero-order valence-electron chi connectivity index (χ0n) is 12.2. The van der Waals surface area contributed by atoms with Gasteiger partial charge in [0, 0.05) is 32.5 Å². The van der Waals surface area contributed by atoms with Gasteiger partial charge in [-0.15, -0.1) is 0 Å². The van der Waals surface area contributed by atoms with Crippen LogP contribution >= 0.6 is 0 Å². The van der Waals surface area contributed by atoms with Crippen LogP contribution in [0.15, 0.2) is 24.3 Å². The Morgan fingerprint density at radius 3 is 2.86 bits per heavy atom.